The summed E-state index contributed by atoms with van der Waals surface area (Å²) in [7, 11) is -3.59. The lowest BCUT2D eigenvalue weighted by Crippen LogP contribution is -2.56. The molecule has 1 aromatic carbocycles. The molecule has 9 heteroatoms. The van der Waals surface area contributed by atoms with Crippen LogP contribution in [0.5, 0.6) is 0 Å². The van der Waals surface area contributed by atoms with E-state index in [0.29, 0.717) is 58.7 Å². The molecular formula is C21H32N4O4S. The van der Waals surface area contributed by atoms with E-state index in [1.807, 2.05) is 13.8 Å². The highest BCUT2D eigenvalue weighted by molar-refractivity contribution is 7.89. The Morgan fingerprint density at radius 2 is 1.57 bits per heavy atom. The Morgan fingerprint density at radius 3 is 2.17 bits per heavy atom. The van der Waals surface area contributed by atoms with Gasteiger partial charge in [-0.05, 0) is 38.8 Å². The number of amides is 3. The standard InChI is InChI=1S/C21H32N4O4S/c1-3-22(4-2)21(27)24-15-13-23(14-16-24)20(26)18-9-8-12-25(17-18)30(28,29)19-10-6-5-7-11-19/h5-7,10-11,18H,3-4,8-9,12-17H2,1-2H3. The van der Waals surface area contributed by atoms with Crippen LogP contribution in [0.1, 0.15) is 26.7 Å². The van der Waals surface area contributed by atoms with E-state index in [1.165, 1.54) is 4.31 Å². The van der Waals surface area contributed by atoms with Gasteiger partial charge in [0, 0.05) is 52.4 Å². The summed E-state index contributed by atoms with van der Waals surface area (Å²) in [5.41, 5.74) is 0. The first-order valence-electron chi connectivity index (χ1n) is 10.8. The van der Waals surface area contributed by atoms with Crippen molar-refractivity contribution in [3.05, 3.63) is 30.3 Å². The second-order valence-corrected chi connectivity index (χ2v) is 9.72. The second-order valence-electron chi connectivity index (χ2n) is 7.78. The predicted octanol–water partition coefficient (Wildman–Crippen LogP) is 1.69. The molecule has 0 aliphatic carbocycles. The number of carbonyl (C=O) groups excluding carboxylic acids is 2. The monoisotopic (exact) mass is 436 g/mol. The third kappa shape index (κ3) is 4.78. The zero-order valence-corrected chi connectivity index (χ0v) is 18.7. The van der Waals surface area contributed by atoms with Gasteiger partial charge in [0.1, 0.15) is 0 Å². The van der Waals surface area contributed by atoms with Crippen LogP contribution in [0.15, 0.2) is 35.2 Å². The van der Waals surface area contributed by atoms with E-state index >= 15 is 0 Å². The average Bonchev–Trinajstić information content (AvgIpc) is 2.80. The minimum atomic E-state index is -3.59. The summed E-state index contributed by atoms with van der Waals surface area (Å²) >= 11 is 0. The van der Waals surface area contributed by atoms with Crippen molar-refractivity contribution in [2.75, 3.05) is 52.4 Å². The quantitative estimate of drug-likeness (QED) is 0.704. The van der Waals surface area contributed by atoms with E-state index in [9.17, 15) is 18.0 Å². The number of rotatable bonds is 5. The Bertz CT molecular complexity index is 834. The molecule has 166 valence electrons. The van der Waals surface area contributed by atoms with Crippen molar-refractivity contribution in [2.24, 2.45) is 5.92 Å². The van der Waals surface area contributed by atoms with Gasteiger partial charge < -0.3 is 14.7 Å². The molecule has 0 saturated carbocycles. The van der Waals surface area contributed by atoms with E-state index in [-0.39, 0.29) is 29.3 Å². The first kappa shape index (κ1) is 22.6. The SMILES string of the molecule is CCN(CC)C(=O)N1CCN(C(=O)C2CCCN(S(=O)(=O)c3ccccc3)C2)CC1. The van der Waals surface area contributed by atoms with Gasteiger partial charge in [-0.3, -0.25) is 4.79 Å². The minimum Gasteiger partial charge on any atom is -0.339 e. The molecule has 3 rings (SSSR count). The number of benzene rings is 1. The molecule has 2 saturated heterocycles. The fraction of sp³-hybridized carbons (Fsp3) is 0.619. The lowest BCUT2D eigenvalue weighted by molar-refractivity contribution is -0.138. The zero-order chi connectivity index (χ0) is 21.7. The van der Waals surface area contributed by atoms with Crippen LogP contribution in [0.2, 0.25) is 0 Å². The van der Waals surface area contributed by atoms with Crippen molar-refractivity contribution in [1.29, 1.82) is 0 Å². The summed E-state index contributed by atoms with van der Waals surface area (Å²) in [4.78, 5) is 31.2. The number of carbonyl (C=O) groups is 2. The smallest absolute Gasteiger partial charge is 0.320 e. The number of piperidine rings is 1. The molecule has 2 aliphatic heterocycles. The number of piperazine rings is 1. The van der Waals surface area contributed by atoms with Gasteiger partial charge in [-0.15, -0.1) is 0 Å². The largest absolute Gasteiger partial charge is 0.339 e. The average molecular weight is 437 g/mol. The second kappa shape index (κ2) is 9.78. The summed E-state index contributed by atoms with van der Waals surface area (Å²) < 4.78 is 27.3. The van der Waals surface area contributed by atoms with Crippen LogP contribution >= 0.6 is 0 Å². The molecule has 2 aliphatic rings. The van der Waals surface area contributed by atoms with Crippen molar-refractivity contribution < 1.29 is 18.0 Å². The maximum atomic E-state index is 13.1. The molecule has 1 unspecified atom stereocenters. The highest BCUT2D eigenvalue weighted by Crippen LogP contribution is 2.25. The van der Waals surface area contributed by atoms with Crippen molar-refractivity contribution in [2.45, 2.75) is 31.6 Å². The van der Waals surface area contributed by atoms with E-state index in [1.54, 1.807) is 45.0 Å². The molecule has 1 aromatic rings. The number of hydrogen-bond donors (Lipinski definition) is 0. The molecule has 30 heavy (non-hydrogen) atoms. The van der Waals surface area contributed by atoms with Crippen LogP contribution < -0.4 is 0 Å². The maximum Gasteiger partial charge on any atom is 0.320 e. The Balaban J connectivity index is 1.59. The lowest BCUT2D eigenvalue weighted by Gasteiger charge is -2.39. The van der Waals surface area contributed by atoms with Crippen molar-refractivity contribution >= 4 is 22.0 Å². The first-order valence-corrected chi connectivity index (χ1v) is 12.2. The van der Waals surface area contributed by atoms with E-state index in [4.69, 9.17) is 0 Å². The molecule has 0 radical (unpaired) electrons. The first-order chi connectivity index (χ1) is 14.4. The predicted molar refractivity (Wildman–Crippen MR) is 114 cm³/mol. The summed E-state index contributed by atoms with van der Waals surface area (Å²) in [5, 5.41) is 0. The number of nitrogens with zero attached hydrogens (tertiary/aromatic N) is 4. The molecule has 1 atom stereocenters. The van der Waals surface area contributed by atoms with Gasteiger partial charge in [-0.2, -0.15) is 4.31 Å². The Kier molecular flexibility index (Phi) is 7.36. The third-order valence-corrected chi connectivity index (χ3v) is 7.89. The molecular weight excluding hydrogens is 404 g/mol. The van der Waals surface area contributed by atoms with E-state index < -0.39 is 10.0 Å². The van der Waals surface area contributed by atoms with Crippen LogP contribution in [0.25, 0.3) is 0 Å². The molecule has 8 nitrogen and oxygen atoms in total. The van der Waals surface area contributed by atoms with Gasteiger partial charge in [0.05, 0.1) is 10.8 Å². The van der Waals surface area contributed by atoms with E-state index in [2.05, 4.69) is 0 Å². The van der Waals surface area contributed by atoms with Gasteiger partial charge in [0.2, 0.25) is 15.9 Å². The molecule has 2 fully saturated rings. The number of urea groups is 1. The van der Waals surface area contributed by atoms with Gasteiger partial charge in [-0.1, -0.05) is 18.2 Å². The molecule has 0 aromatic heterocycles. The summed E-state index contributed by atoms with van der Waals surface area (Å²) in [6, 6.07) is 8.40. The topological polar surface area (TPSA) is 81.2 Å². The fourth-order valence-corrected chi connectivity index (χ4v) is 5.72. The maximum absolute atomic E-state index is 13.1. The highest BCUT2D eigenvalue weighted by Gasteiger charge is 2.36. The minimum absolute atomic E-state index is 0.00194. The Hall–Kier alpha value is -2.13. The van der Waals surface area contributed by atoms with Crippen molar-refractivity contribution in [3.63, 3.8) is 0 Å². The Morgan fingerprint density at radius 1 is 0.967 bits per heavy atom. The van der Waals surface area contributed by atoms with Crippen molar-refractivity contribution in [3.8, 4) is 0 Å². The summed E-state index contributed by atoms with van der Waals surface area (Å²) in [5.74, 6) is -0.333. The summed E-state index contributed by atoms with van der Waals surface area (Å²) in [6.45, 7) is 7.92. The highest BCUT2D eigenvalue weighted by atomic mass is 32.2. The molecule has 0 bridgehead atoms. The zero-order valence-electron chi connectivity index (χ0n) is 17.9. The lowest BCUT2D eigenvalue weighted by atomic mass is 9.98. The molecule has 3 amide bonds. The number of sulfonamides is 1. The third-order valence-electron chi connectivity index (χ3n) is 6.01. The van der Waals surface area contributed by atoms with Crippen LogP contribution in [0, 0.1) is 5.92 Å². The van der Waals surface area contributed by atoms with Crippen LogP contribution in [0.4, 0.5) is 4.79 Å². The molecule has 0 N–H and O–H groups in total. The van der Waals surface area contributed by atoms with Crippen LogP contribution in [0.3, 0.4) is 0 Å². The Labute approximate surface area is 179 Å². The van der Waals surface area contributed by atoms with Gasteiger partial charge >= 0.3 is 6.03 Å². The fourth-order valence-electron chi connectivity index (χ4n) is 4.17. The summed E-state index contributed by atoms with van der Waals surface area (Å²) in [6.07, 6.45) is 1.36. The number of hydrogen-bond acceptors (Lipinski definition) is 4. The molecule has 2 heterocycles. The van der Waals surface area contributed by atoms with Gasteiger partial charge in [0.15, 0.2) is 0 Å². The van der Waals surface area contributed by atoms with Crippen LogP contribution in [-0.2, 0) is 14.8 Å². The normalized spacial score (nSPS) is 20.8. The molecule has 0 spiro atoms. The van der Waals surface area contributed by atoms with Gasteiger partial charge in [-0.25, -0.2) is 13.2 Å². The van der Waals surface area contributed by atoms with Crippen LogP contribution in [-0.4, -0.2) is 91.7 Å². The van der Waals surface area contributed by atoms with E-state index in [0.717, 1.165) is 0 Å². The van der Waals surface area contributed by atoms with Crippen molar-refractivity contribution in [1.82, 2.24) is 19.0 Å². The van der Waals surface area contributed by atoms with Gasteiger partial charge in [0.25, 0.3) is 0 Å².